The summed E-state index contributed by atoms with van der Waals surface area (Å²) in [6.07, 6.45) is 8.36. The molecule has 3 rings (SSSR count). The molecule has 3 nitrogen and oxygen atoms in total. The van der Waals surface area contributed by atoms with Gasteiger partial charge in [-0.05, 0) is 43.0 Å². The van der Waals surface area contributed by atoms with Crippen LogP contribution in [-0.2, 0) is 0 Å². The second-order valence-electron chi connectivity index (χ2n) is 5.88. The molecule has 1 heterocycles. The van der Waals surface area contributed by atoms with Crippen LogP contribution in [0, 0.1) is 5.92 Å². The summed E-state index contributed by atoms with van der Waals surface area (Å²) in [6.45, 7) is 2.30. The summed E-state index contributed by atoms with van der Waals surface area (Å²) in [5.74, 6) is 0.874. The van der Waals surface area contributed by atoms with Crippen LogP contribution in [-0.4, -0.2) is 11.0 Å². The van der Waals surface area contributed by atoms with Gasteiger partial charge in [-0.1, -0.05) is 26.2 Å². The summed E-state index contributed by atoms with van der Waals surface area (Å²) in [6, 6.07) is 8.71. The molecule has 0 amide bonds. The van der Waals surface area contributed by atoms with Gasteiger partial charge in [0.15, 0.2) is 0 Å². The molecule has 20 heavy (non-hydrogen) atoms. The monoisotopic (exact) mass is 269 g/mol. The van der Waals surface area contributed by atoms with Crippen molar-refractivity contribution in [2.24, 2.45) is 5.92 Å². The molecule has 0 aliphatic heterocycles. The van der Waals surface area contributed by atoms with Crippen LogP contribution < -0.4 is 11.1 Å². The van der Waals surface area contributed by atoms with Gasteiger partial charge in [-0.2, -0.15) is 0 Å². The van der Waals surface area contributed by atoms with Gasteiger partial charge >= 0.3 is 0 Å². The zero-order valence-electron chi connectivity index (χ0n) is 12.1. The quantitative estimate of drug-likeness (QED) is 0.821. The molecule has 3 heteroatoms. The number of nitrogens with zero attached hydrogens (tertiary/aromatic N) is 1. The lowest BCUT2D eigenvalue weighted by atomic mass is 9.84. The molecule has 0 bridgehead atoms. The van der Waals surface area contributed by atoms with Crippen molar-refractivity contribution in [1.29, 1.82) is 0 Å². The van der Waals surface area contributed by atoms with Crippen molar-refractivity contribution in [2.75, 3.05) is 11.1 Å². The number of hydrogen-bond donors (Lipinski definition) is 2. The highest BCUT2D eigenvalue weighted by molar-refractivity contribution is 5.98. The number of aromatic nitrogens is 1. The fourth-order valence-corrected chi connectivity index (χ4v) is 3.33. The molecule has 0 spiro atoms. The minimum atomic E-state index is 0.584. The van der Waals surface area contributed by atoms with Gasteiger partial charge in [0.05, 0.1) is 11.2 Å². The lowest BCUT2D eigenvalue weighted by Crippen LogP contribution is -2.27. The Bertz CT molecular complexity index is 594. The maximum Gasteiger partial charge on any atom is 0.0951 e. The smallest absolute Gasteiger partial charge is 0.0951 e. The van der Waals surface area contributed by atoms with Gasteiger partial charge in [0.1, 0.15) is 0 Å². The van der Waals surface area contributed by atoms with Crippen LogP contribution in [0.25, 0.3) is 10.9 Å². The van der Waals surface area contributed by atoms with E-state index in [-0.39, 0.29) is 0 Å². The Balaban J connectivity index is 1.86. The standard InChI is InChI=1S/C17H23N3/c1-2-12-5-3-6-13(11-12)20-16-9-8-15(18)17-14(16)7-4-10-19-17/h4,7-10,12-13,20H,2-3,5-6,11,18H2,1H3. The summed E-state index contributed by atoms with van der Waals surface area (Å²) < 4.78 is 0. The molecule has 1 aliphatic carbocycles. The summed E-state index contributed by atoms with van der Waals surface area (Å²) in [5, 5.41) is 4.85. The van der Waals surface area contributed by atoms with Crippen LogP contribution in [0.1, 0.15) is 39.0 Å². The Morgan fingerprint density at radius 2 is 2.20 bits per heavy atom. The number of nitrogen functional groups attached to an aromatic ring is 1. The van der Waals surface area contributed by atoms with Crippen molar-refractivity contribution >= 4 is 22.3 Å². The number of benzene rings is 1. The van der Waals surface area contributed by atoms with E-state index in [1.54, 1.807) is 6.20 Å². The minimum Gasteiger partial charge on any atom is -0.397 e. The SMILES string of the molecule is CCC1CCCC(Nc2ccc(N)c3ncccc23)C1. The Hall–Kier alpha value is -1.77. The lowest BCUT2D eigenvalue weighted by molar-refractivity contribution is 0.327. The second-order valence-corrected chi connectivity index (χ2v) is 5.88. The predicted molar refractivity (Wildman–Crippen MR) is 85.8 cm³/mol. The van der Waals surface area contributed by atoms with Crippen LogP contribution in [0.2, 0.25) is 0 Å². The largest absolute Gasteiger partial charge is 0.397 e. The first-order chi connectivity index (χ1) is 9.78. The van der Waals surface area contributed by atoms with E-state index in [1.807, 2.05) is 12.1 Å². The van der Waals surface area contributed by atoms with E-state index >= 15 is 0 Å². The zero-order valence-corrected chi connectivity index (χ0v) is 12.1. The van der Waals surface area contributed by atoms with E-state index in [4.69, 9.17) is 5.73 Å². The number of fused-ring (bicyclic) bond motifs is 1. The summed E-state index contributed by atoms with van der Waals surface area (Å²) in [4.78, 5) is 4.40. The van der Waals surface area contributed by atoms with E-state index in [2.05, 4.69) is 29.4 Å². The van der Waals surface area contributed by atoms with Gasteiger partial charge in [-0.15, -0.1) is 0 Å². The zero-order chi connectivity index (χ0) is 13.9. The first-order valence-electron chi connectivity index (χ1n) is 7.67. The fourth-order valence-electron chi connectivity index (χ4n) is 3.33. The third-order valence-corrected chi connectivity index (χ3v) is 4.52. The van der Waals surface area contributed by atoms with Gasteiger partial charge in [0, 0.05) is 23.3 Å². The molecule has 1 aromatic heterocycles. The first kappa shape index (κ1) is 13.2. The Kier molecular flexibility index (Phi) is 3.77. The second kappa shape index (κ2) is 5.70. The molecule has 2 aromatic rings. The Morgan fingerprint density at radius 3 is 3.05 bits per heavy atom. The minimum absolute atomic E-state index is 0.584. The lowest BCUT2D eigenvalue weighted by Gasteiger charge is -2.30. The highest BCUT2D eigenvalue weighted by Gasteiger charge is 2.21. The molecule has 1 fully saturated rings. The van der Waals surface area contributed by atoms with E-state index < -0.39 is 0 Å². The maximum absolute atomic E-state index is 6.01. The van der Waals surface area contributed by atoms with Gasteiger partial charge in [0.25, 0.3) is 0 Å². The van der Waals surface area contributed by atoms with E-state index in [0.29, 0.717) is 6.04 Å². The average molecular weight is 269 g/mol. The van der Waals surface area contributed by atoms with Crippen LogP contribution in [0.15, 0.2) is 30.5 Å². The number of hydrogen-bond acceptors (Lipinski definition) is 3. The van der Waals surface area contributed by atoms with Crippen LogP contribution in [0.3, 0.4) is 0 Å². The highest BCUT2D eigenvalue weighted by atomic mass is 14.9. The van der Waals surface area contributed by atoms with Crippen molar-refractivity contribution < 1.29 is 0 Å². The van der Waals surface area contributed by atoms with Crippen LogP contribution in [0.5, 0.6) is 0 Å². The van der Waals surface area contributed by atoms with E-state index in [1.165, 1.54) is 37.8 Å². The molecular weight excluding hydrogens is 246 g/mol. The third-order valence-electron chi connectivity index (χ3n) is 4.52. The molecule has 1 aliphatic rings. The van der Waals surface area contributed by atoms with Crippen molar-refractivity contribution in [2.45, 2.75) is 45.1 Å². The van der Waals surface area contributed by atoms with Crippen LogP contribution in [0.4, 0.5) is 11.4 Å². The third kappa shape index (κ3) is 2.58. The molecule has 1 aromatic carbocycles. The van der Waals surface area contributed by atoms with Gasteiger partial charge in [-0.3, -0.25) is 4.98 Å². The Labute approximate surface area is 120 Å². The molecule has 3 N–H and O–H groups in total. The molecule has 1 saturated carbocycles. The molecular formula is C17H23N3. The van der Waals surface area contributed by atoms with Crippen molar-refractivity contribution in [3.8, 4) is 0 Å². The maximum atomic E-state index is 6.01. The molecule has 0 saturated heterocycles. The summed E-state index contributed by atoms with van der Waals surface area (Å²) in [7, 11) is 0. The fraction of sp³-hybridized carbons (Fsp3) is 0.471. The van der Waals surface area contributed by atoms with Crippen molar-refractivity contribution in [3.63, 3.8) is 0 Å². The van der Waals surface area contributed by atoms with Gasteiger partial charge < -0.3 is 11.1 Å². The number of pyridine rings is 1. The number of nitrogens with one attached hydrogen (secondary N) is 1. The van der Waals surface area contributed by atoms with E-state index in [0.717, 1.165) is 22.5 Å². The number of anilines is 2. The first-order valence-corrected chi connectivity index (χ1v) is 7.67. The number of nitrogens with two attached hydrogens (primary N) is 1. The van der Waals surface area contributed by atoms with Crippen molar-refractivity contribution in [1.82, 2.24) is 4.98 Å². The average Bonchev–Trinajstić information content (AvgIpc) is 2.51. The van der Waals surface area contributed by atoms with Crippen LogP contribution >= 0.6 is 0 Å². The van der Waals surface area contributed by atoms with Gasteiger partial charge in [0.2, 0.25) is 0 Å². The van der Waals surface area contributed by atoms with E-state index in [9.17, 15) is 0 Å². The molecule has 0 radical (unpaired) electrons. The topological polar surface area (TPSA) is 50.9 Å². The molecule has 106 valence electrons. The van der Waals surface area contributed by atoms with Gasteiger partial charge in [-0.25, -0.2) is 0 Å². The normalized spacial score (nSPS) is 22.9. The number of rotatable bonds is 3. The predicted octanol–water partition coefficient (Wildman–Crippen LogP) is 4.20. The summed E-state index contributed by atoms with van der Waals surface area (Å²) in [5.41, 5.74) is 8.84. The highest BCUT2D eigenvalue weighted by Crippen LogP contribution is 2.32. The Morgan fingerprint density at radius 1 is 1.30 bits per heavy atom. The summed E-state index contributed by atoms with van der Waals surface area (Å²) >= 11 is 0. The van der Waals surface area contributed by atoms with Crippen molar-refractivity contribution in [3.05, 3.63) is 30.5 Å². The molecule has 2 atom stereocenters. The molecule has 2 unspecified atom stereocenters.